The molecule has 0 bridgehead atoms. The normalized spacial score (nSPS) is 17.1. The number of aryl methyl sites for hydroxylation is 1. The molecule has 0 radical (unpaired) electrons. The molecule has 1 aliphatic carbocycles. The summed E-state index contributed by atoms with van der Waals surface area (Å²) in [6.07, 6.45) is 3.92. The van der Waals surface area contributed by atoms with Crippen molar-refractivity contribution in [3.05, 3.63) is 35.4 Å². The Balaban J connectivity index is 1.72. The minimum atomic E-state index is 0.542. The second-order valence-electron chi connectivity index (χ2n) is 5.34. The zero-order valence-corrected chi connectivity index (χ0v) is 11.0. The SMILES string of the molecule is COCCC1(CNCc2cccc(C)c2)CC1. The summed E-state index contributed by atoms with van der Waals surface area (Å²) < 4.78 is 5.17. The molecule has 0 unspecified atom stereocenters. The molecular weight excluding hydrogens is 210 g/mol. The third kappa shape index (κ3) is 3.83. The van der Waals surface area contributed by atoms with Crippen LogP contribution in [0.2, 0.25) is 0 Å². The lowest BCUT2D eigenvalue weighted by molar-refractivity contribution is 0.171. The van der Waals surface area contributed by atoms with Crippen LogP contribution in [0.5, 0.6) is 0 Å². The van der Waals surface area contributed by atoms with E-state index in [1.54, 1.807) is 7.11 Å². The third-order valence-electron chi connectivity index (χ3n) is 3.71. The lowest BCUT2D eigenvalue weighted by Crippen LogP contribution is -2.24. The van der Waals surface area contributed by atoms with Gasteiger partial charge >= 0.3 is 0 Å². The third-order valence-corrected chi connectivity index (χ3v) is 3.71. The molecule has 1 saturated carbocycles. The number of ether oxygens (including phenoxy) is 1. The highest BCUT2D eigenvalue weighted by atomic mass is 16.5. The fourth-order valence-electron chi connectivity index (χ4n) is 2.30. The van der Waals surface area contributed by atoms with Crippen molar-refractivity contribution < 1.29 is 4.74 Å². The van der Waals surface area contributed by atoms with E-state index in [-0.39, 0.29) is 0 Å². The average Bonchev–Trinajstić information content (AvgIpc) is 3.07. The van der Waals surface area contributed by atoms with E-state index in [2.05, 4.69) is 36.5 Å². The fraction of sp³-hybridized carbons (Fsp3) is 0.600. The number of hydrogen-bond donors (Lipinski definition) is 1. The van der Waals surface area contributed by atoms with Gasteiger partial charge < -0.3 is 10.1 Å². The van der Waals surface area contributed by atoms with Crippen LogP contribution in [-0.4, -0.2) is 20.3 Å². The van der Waals surface area contributed by atoms with Gasteiger partial charge in [0.2, 0.25) is 0 Å². The fourth-order valence-corrected chi connectivity index (χ4v) is 2.30. The van der Waals surface area contributed by atoms with Gasteiger partial charge in [0.05, 0.1) is 0 Å². The maximum atomic E-state index is 5.17. The molecule has 0 aromatic heterocycles. The van der Waals surface area contributed by atoms with Crippen LogP contribution in [0, 0.1) is 12.3 Å². The number of rotatable bonds is 7. The van der Waals surface area contributed by atoms with Crippen molar-refractivity contribution in [3.63, 3.8) is 0 Å². The van der Waals surface area contributed by atoms with E-state index >= 15 is 0 Å². The zero-order chi connectivity index (χ0) is 12.1. The average molecular weight is 233 g/mol. The predicted octanol–water partition coefficient (Wildman–Crippen LogP) is 2.90. The highest BCUT2D eigenvalue weighted by molar-refractivity contribution is 5.22. The highest BCUT2D eigenvalue weighted by Gasteiger charge is 2.41. The Hall–Kier alpha value is -0.860. The first-order valence-corrected chi connectivity index (χ1v) is 6.49. The molecule has 0 spiro atoms. The van der Waals surface area contributed by atoms with E-state index in [0.717, 1.165) is 19.7 Å². The largest absolute Gasteiger partial charge is 0.385 e. The summed E-state index contributed by atoms with van der Waals surface area (Å²) in [7, 11) is 1.79. The molecule has 1 aromatic rings. The Kier molecular flexibility index (Phi) is 4.19. The van der Waals surface area contributed by atoms with Crippen molar-refractivity contribution in [2.24, 2.45) is 5.41 Å². The first-order valence-electron chi connectivity index (χ1n) is 6.49. The van der Waals surface area contributed by atoms with Gasteiger partial charge in [-0.15, -0.1) is 0 Å². The van der Waals surface area contributed by atoms with E-state index in [1.165, 1.54) is 30.4 Å². The van der Waals surface area contributed by atoms with Gasteiger partial charge in [-0.2, -0.15) is 0 Å². The highest BCUT2D eigenvalue weighted by Crippen LogP contribution is 2.48. The Morgan fingerprint density at radius 3 is 2.82 bits per heavy atom. The van der Waals surface area contributed by atoms with Gasteiger partial charge in [-0.3, -0.25) is 0 Å². The Morgan fingerprint density at radius 2 is 2.18 bits per heavy atom. The Labute approximate surface area is 104 Å². The van der Waals surface area contributed by atoms with E-state index in [4.69, 9.17) is 4.74 Å². The van der Waals surface area contributed by atoms with Gasteiger partial charge in [0.25, 0.3) is 0 Å². The van der Waals surface area contributed by atoms with Crippen molar-refractivity contribution in [2.45, 2.75) is 32.7 Å². The summed E-state index contributed by atoms with van der Waals surface area (Å²) >= 11 is 0. The molecule has 1 aromatic carbocycles. The standard InChI is InChI=1S/C15H23NO/c1-13-4-3-5-14(10-13)11-16-12-15(6-7-15)8-9-17-2/h3-5,10,16H,6-9,11-12H2,1-2H3. The van der Waals surface area contributed by atoms with Gasteiger partial charge in [-0.25, -0.2) is 0 Å². The van der Waals surface area contributed by atoms with Crippen LogP contribution in [0.15, 0.2) is 24.3 Å². The lowest BCUT2D eigenvalue weighted by atomic mass is 10.0. The minimum absolute atomic E-state index is 0.542. The van der Waals surface area contributed by atoms with Crippen LogP contribution in [0.25, 0.3) is 0 Å². The van der Waals surface area contributed by atoms with Crippen molar-refractivity contribution in [1.82, 2.24) is 5.32 Å². The summed E-state index contributed by atoms with van der Waals surface area (Å²) in [5, 5.41) is 3.59. The molecule has 17 heavy (non-hydrogen) atoms. The maximum Gasteiger partial charge on any atom is 0.0468 e. The van der Waals surface area contributed by atoms with E-state index in [1.807, 2.05) is 0 Å². The molecule has 1 aliphatic rings. The first kappa shape index (κ1) is 12.6. The van der Waals surface area contributed by atoms with E-state index < -0.39 is 0 Å². The van der Waals surface area contributed by atoms with Crippen molar-refractivity contribution in [1.29, 1.82) is 0 Å². The maximum absolute atomic E-state index is 5.17. The van der Waals surface area contributed by atoms with Crippen LogP contribution in [-0.2, 0) is 11.3 Å². The van der Waals surface area contributed by atoms with Gasteiger partial charge in [-0.05, 0) is 37.2 Å². The lowest BCUT2D eigenvalue weighted by Gasteiger charge is -2.15. The second kappa shape index (κ2) is 5.65. The van der Waals surface area contributed by atoms with Crippen LogP contribution >= 0.6 is 0 Å². The molecule has 2 rings (SSSR count). The second-order valence-corrected chi connectivity index (χ2v) is 5.34. The first-order chi connectivity index (χ1) is 8.24. The number of methoxy groups -OCH3 is 1. The van der Waals surface area contributed by atoms with Gasteiger partial charge in [0.1, 0.15) is 0 Å². The van der Waals surface area contributed by atoms with E-state index in [9.17, 15) is 0 Å². The molecule has 0 heterocycles. The smallest absolute Gasteiger partial charge is 0.0468 e. The summed E-state index contributed by atoms with van der Waals surface area (Å²) in [6.45, 7) is 5.15. The van der Waals surface area contributed by atoms with Crippen LogP contribution in [0.4, 0.5) is 0 Å². The molecule has 0 aliphatic heterocycles. The molecule has 2 heteroatoms. The van der Waals surface area contributed by atoms with Gasteiger partial charge in [0.15, 0.2) is 0 Å². The van der Waals surface area contributed by atoms with Crippen LogP contribution in [0.1, 0.15) is 30.4 Å². The van der Waals surface area contributed by atoms with Gasteiger partial charge in [-0.1, -0.05) is 29.8 Å². The van der Waals surface area contributed by atoms with Gasteiger partial charge in [0, 0.05) is 26.8 Å². The Bertz CT molecular complexity index is 358. The molecule has 94 valence electrons. The monoisotopic (exact) mass is 233 g/mol. The number of nitrogens with one attached hydrogen (secondary N) is 1. The van der Waals surface area contributed by atoms with Crippen LogP contribution < -0.4 is 5.32 Å². The quantitative estimate of drug-likeness (QED) is 0.782. The summed E-state index contributed by atoms with van der Waals surface area (Å²) in [4.78, 5) is 0. The number of benzene rings is 1. The van der Waals surface area contributed by atoms with Crippen molar-refractivity contribution >= 4 is 0 Å². The summed E-state index contributed by atoms with van der Waals surface area (Å²) in [5.74, 6) is 0. The molecule has 0 saturated heterocycles. The minimum Gasteiger partial charge on any atom is -0.385 e. The topological polar surface area (TPSA) is 21.3 Å². The predicted molar refractivity (Wildman–Crippen MR) is 71.0 cm³/mol. The Morgan fingerprint density at radius 1 is 1.35 bits per heavy atom. The molecule has 2 nitrogen and oxygen atoms in total. The van der Waals surface area contributed by atoms with Crippen molar-refractivity contribution in [2.75, 3.05) is 20.3 Å². The van der Waals surface area contributed by atoms with E-state index in [0.29, 0.717) is 5.41 Å². The summed E-state index contributed by atoms with van der Waals surface area (Å²) in [6, 6.07) is 8.71. The molecule has 1 N–H and O–H groups in total. The number of hydrogen-bond acceptors (Lipinski definition) is 2. The van der Waals surface area contributed by atoms with Crippen LogP contribution in [0.3, 0.4) is 0 Å². The zero-order valence-electron chi connectivity index (χ0n) is 11.0. The molecule has 1 fully saturated rings. The van der Waals surface area contributed by atoms with Crippen molar-refractivity contribution in [3.8, 4) is 0 Å². The molecule has 0 atom stereocenters. The molecular formula is C15H23NO. The summed E-state index contributed by atoms with van der Waals surface area (Å²) in [5.41, 5.74) is 3.26. The molecule has 0 amide bonds.